The van der Waals surface area contributed by atoms with Crippen LogP contribution in [-0.2, 0) is 6.54 Å². The Labute approximate surface area is 103 Å². The number of nitrogens with one attached hydrogen (secondary N) is 1. The van der Waals surface area contributed by atoms with Crippen LogP contribution in [0.4, 0.5) is 17.5 Å². The molecule has 2 rings (SSSR count). The number of nitro benzene ring substituents is 1. The average Bonchev–Trinajstić information content (AvgIpc) is 2.37. The molecule has 0 spiro atoms. The Morgan fingerprint density at radius 3 is 2.94 bits per heavy atom. The zero-order valence-corrected chi connectivity index (χ0v) is 9.41. The maximum absolute atomic E-state index is 10.6. The second kappa shape index (κ2) is 5.09. The number of hydrogen-bond acceptors (Lipinski definition) is 6. The quantitative estimate of drug-likeness (QED) is 0.625. The van der Waals surface area contributed by atoms with E-state index < -0.39 is 4.92 Å². The van der Waals surface area contributed by atoms with Gasteiger partial charge in [0.25, 0.3) is 5.69 Å². The van der Waals surface area contributed by atoms with Crippen molar-refractivity contribution >= 4 is 17.5 Å². The number of non-ortho nitro benzene ring substituents is 1. The summed E-state index contributed by atoms with van der Waals surface area (Å²) in [5, 5.41) is 13.6. The lowest BCUT2D eigenvalue weighted by Gasteiger charge is -2.04. The van der Waals surface area contributed by atoms with Gasteiger partial charge in [-0.05, 0) is 11.6 Å². The van der Waals surface area contributed by atoms with Gasteiger partial charge >= 0.3 is 0 Å². The Hall–Kier alpha value is -2.70. The van der Waals surface area contributed by atoms with Crippen molar-refractivity contribution in [2.24, 2.45) is 0 Å². The molecule has 7 nitrogen and oxygen atoms in total. The fraction of sp³-hybridized carbons (Fsp3) is 0.0909. The summed E-state index contributed by atoms with van der Waals surface area (Å²) in [7, 11) is 0. The number of nitrogens with zero attached hydrogens (tertiary/aromatic N) is 3. The zero-order chi connectivity index (χ0) is 13.0. The molecular weight excluding hydrogens is 234 g/mol. The van der Waals surface area contributed by atoms with E-state index in [1.807, 2.05) is 0 Å². The third kappa shape index (κ3) is 2.91. The molecule has 0 atom stereocenters. The van der Waals surface area contributed by atoms with E-state index in [0.29, 0.717) is 18.3 Å². The van der Waals surface area contributed by atoms with Crippen LogP contribution in [0.2, 0.25) is 0 Å². The fourth-order valence-electron chi connectivity index (χ4n) is 1.42. The second-order valence-corrected chi connectivity index (χ2v) is 3.59. The topological polar surface area (TPSA) is 107 Å². The molecule has 7 heteroatoms. The van der Waals surface area contributed by atoms with Crippen LogP contribution in [0.1, 0.15) is 5.56 Å². The minimum atomic E-state index is -0.430. The summed E-state index contributed by atoms with van der Waals surface area (Å²) >= 11 is 0. The van der Waals surface area contributed by atoms with Crippen LogP contribution in [0, 0.1) is 10.1 Å². The molecule has 0 saturated heterocycles. The van der Waals surface area contributed by atoms with Crippen LogP contribution in [0.5, 0.6) is 0 Å². The molecule has 0 unspecified atom stereocenters. The van der Waals surface area contributed by atoms with Crippen molar-refractivity contribution in [3.63, 3.8) is 0 Å². The molecule has 0 bridgehead atoms. The van der Waals surface area contributed by atoms with Crippen molar-refractivity contribution in [1.82, 2.24) is 9.97 Å². The Balaban J connectivity index is 2.06. The fourth-order valence-corrected chi connectivity index (χ4v) is 1.42. The summed E-state index contributed by atoms with van der Waals surface area (Å²) in [6.45, 7) is 0.394. The molecule has 0 saturated carbocycles. The summed E-state index contributed by atoms with van der Waals surface area (Å²) in [6, 6.07) is 7.94. The summed E-state index contributed by atoms with van der Waals surface area (Å²) in [6.07, 6.45) is 1.54. The standard InChI is InChI=1S/C11H11N5O2/c12-10-4-5-13-11(15-10)14-7-8-2-1-3-9(6-8)16(17)18/h1-6H,7H2,(H3,12,13,14,15). The predicted molar refractivity (Wildman–Crippen MR) is 66.9 cm³/mol. The normalized spacial score (nSPS) is 10.0. The smallest absolute Gasteiger partial charge is 0.269 e. The van der Waals surface area contributed by atoms with Crippen LogP contribution in [0.25, 0.3) is 0 Å². The zero-order valence-electron chi connectivity index (χ0n) is 9.41. The van der Waals surface area contributed by atoms with Crippen molar-refractivity contribution in [3.8, 4) is 0 Å². The highest BCUT2D eigenvalue weighted by Crippen LogP contribution is 2.14. The maximum Gasteiger partial charge on any atom is 0.269 e. The van der Waals surface area contributed by atoms with Gasteiger partial charge < -0.3 is 11.1 Å². The summed E-state index contributed by atoms with van der Waals surface area (Å²) in [4.78, 5) is 18.1. The molecule has 3 N–H and O–H groups in total. The first-order valence-electron chi connectivity index (χ1n) is 5.21. The van der Waals surface area contributed by atoms with Gasteiger partial charge in [0.15, 0.2) is 0 Å². The predicted octanol–water partition coefficient (Wildman–Crippen LogP) is 1.58. The first-order chi connectivity index (χ1) is 8.65. The van der Waals surface area contributed by atoms with E-state index in [4.69, 9.17) is 5.73 Å². The number of nitrogens with two attached hydrogens (primary N) is 1. The number of anilines is 2. The monoisotopic (exact) mass is 245 g/mol. The number of rotatable bonds is 4. The van der Waals surface area contributed by atoms with Crippen LogP contribution in [0.15, 0.2) is 36.5 Å². The van der Waals surface area contributed by atoms with E-state index in [-0.39, 0.29) is 5.69 Å². The van der Waals surface area contributed by atoms with Crippen LogP contribution < -0.4 is 11.1 Å². The Kier molecular flexibility index (Phi) is 3.33. The SMILES string of the molecule is Nc1ccnc(NCc2cccc([N+](=O)[O-])c2)n1. The third-order valence-corrected chi connectivity index (χ3v) is 2.25. The van der Waals surface area contributed by atoms with Crippen molar-refractivity contribution in [2.75, 3.05) is 11.1 Å². The molecule has 92 valence electrons. The molecule has 1 heterocycles. The van der Waals surface area contributed by atoms with Crippen molar-refractivity contribution in [3.05, 3.63) is 52.2 Å². The minimum Gasteiger partial charge on any atom is -0.384 e. The van der Waals surface area contributed by atoms with Gasteiger partial charge in [0, 0.05) is 24.9 Å². The van der Waals surface area contributed by atoms with Gasteiger partial charge in [-0.25, -0.2) is 4.98 Å². The van der Waals surface area contributed by atoms with E-state index in [1.165, 1.54) is 18.3 Å². The Bertz CT molecular complexity index is 573. The van der Waals surface area contributed by atoms with E-state index >= 15 is 0 Å². The lowest BCUT2D eigenvalue weighted by Crippen LogP contribution is -2.05. The molecule has 2 aromatic rings. The van der Waals surface area contributed by atoms with Gasteiger partial charge in [-0.3, -0.25) is 10.1 Å². The Morgan fingerprint density at radius 1 is 1.39 bits per heavy atom. The second-order valence-electron chi connectivity index (χ2n) is 3.59. The maximum atomic E-state index is 10.6. The number of nitro groups is 1. The highest BCUT2D eigenvalue weighted by molar-refractivity contribution is 5.38. The first-order valence-corrected chi connectivity index (χ1v) is 5.21. The molecule has 0 aliphatic rings. The van der Waals surface area contributed by atoms with Gasteiger partial charge in [0.05, 0.1) is 4.92 Å². The van der Waals surface area contributed by atoms with Crippen LogP contribution >= 0.6 is 0 Å². The molecular formula is C11H11N5O2. The largest absolute Gasteiger partial charge is 0.384 e. The number of nitrogen functional groups attached to an aromatic ring is 1. The molecule has 0 radical (unpaired) electrons. The molecule has 18 heavy (non-hydrogen) atoms. The van der Waals surface area contributed by atoms with Crippen molar-refractivity contribution in [2.45, 2.75) is 6.54 Å². The highest BCUT2D eigenvalue weighted by Gasteiger charge is 2.05. The highest BCUT2D eigenvalue weighted by atomic mass is 16.6. The minimum absolute atomic E-state index is 0.0581. The molecule has 1 aromatic carbocycles. The van der Waals surface area contributed by atoms with Crippen molar-refractivity contribution < 1.29 is 4.92 Å². The summed E-state index contributed by atoms with van der Waals surface area (Å²) < 4.78 is 0. The Morgan fingerprint density at radius 2 is 2.22 bits per heavy atom. The van der Waals surface area contributed by atoms with E-state index in [1.54, 1.807) is 18.2 Å². The van der Waals surface area contributed by atoms with Crippen LogP contribution in [0.3, 0.4) is 0 Å². The summed E-state index contributed by atoms with van der Waals surface area (Å²) in [5.74, 6) is 0.757. The number of aromatic nitrogens is 2. The van der Waals surface area contributed by atoms with E-state index in [9.17, 15) is 10.1 Å². The first kappa shape index (κ1) is 11.8. The van der Waals surface area contributed by atoms with Gasteiger partial charge in [-0.15, -0.1) is 0 Å². The van der Waals surface area contributed by atoms with Gasteiger partial charge in [0.2, 0.25) is 5.95 Å². The molecule has 0 fully saturated rings. The number of hydrogen-bond donors (Lipinski definition) is 2. The van der Waals surface area contributed by atoms with E-state index in [0.717, 1.165) is 5.56 Å². The van der Waals surface area contributed by atoms with Gasteiger partial charge in [0.1, 0.15) is 5.82 Å². The molecule has 0 aliphatic carbocycles. The van der Waals surface area contributed by atoms with Gasteiger partial charge in [-0.2, -0.15) is 4.98 Å². The van der Waals surface area contributed by atoms with Crippen LogP contribution in [-0.4, -0.2) is 14.9 Å². The summed E-state index contributed by atoms with van der Waals surface area (Å²) in [5.41, 5.74) is 6.34. The molecule has 1 aromatic heterocycles. The molecule has 0 amide bonds. The van der Waals surface area contributed by atoms with Gasteiger partial charge in [-0.1, -0.05) is 12.1 Å². The lowest BCUT2D eigenvalue weighted by molar-refractivity contribution is -0.384. The lowest BCUT2D eigenvalue weighted by atomic mass is 10.2. The third-order valence-electron chi connectivity index (χ3n) is 2.25. The van der Waals surface area contributed by atoms with Crippen molar-refractivity contribution in [1.29, 1.82) is 0 Å². The number of benzene rings is 1. The molecule has 0 aliphatic heterocycles. The average molecular weight is 245 g/mol. The van der Waals surface area contributed by atoms with E-state index in [2.05, 4.69) is 15.3 Å².